The smallest absolute Gasteiger partial charge is 0.222 e. The summed E-state index contributed by atoms with van der Waals surface area (Å²) in [7, 11) is 0.952. The molecule has 0 aromatic rings. The van der Waals surface area contributed by atoms with Gasteiger partial charge in [-0.25, -0.2) is 0 Å². The van der Waals surface area contributed by atoms with Gasteiger partial charge in [0, 0.05) is 31.8 Å². The van der Waals surface area contributed by atoms with E-state index in [1.165, 1.54) is 5.57 Å². The summed E-state index contributed by atoms with van der Waals surface area (Å²) >= 11 is 0. The van der Waals surface area contributed by atoms with E-state index in [9.17, 15) is 9.00 Å². The quantitative estimate of drug-likeness (QED) is 0.728. The minimum absolute atomic E-state index is 0.200. The van der Waals surface area contributed by atoms with Gasteiger partial charge in [-0.3, -0.25) is 14.0 Å². The molecule has 0 bridgehead atoms. The summed E-state index contributed by atoms with van der Waals surface area (Å²) in [5.41, 5.74) is 1.23. The van der Waals surface area contributed by atoms with Crippen molar-refractivity contribution >= 4 is 22.5 Å². The normalized spacial score (nSPS) is 31.7. The maximum Gasteiger partial charge on any atom is 0.222 e. The van der Waals surface area contributed by atoms with Gasteiger partial charge in [-0.2, -0.15) is 0 Å². The summed E-state index contributed by atoms with van der Waals surface area (Å²) in [5.74, 6) is 1.76. The number of likely N-dealkylation sites (tertiary alicyclic amines) is 1. The van der Waals surface area contributed by atoms with Gasteiger partial charge in [0.2, 0.25) is 5.91 Å². The highest BCUT2D eigenvalue weighted by Crippen LogP contribution is 2.28. The summed E-state index contributed by atoms with van der Waals surface area (Å²) in [6.45, 7) is 1.40. The zero-order valence-corrected chi connectivity index (χ0v) is 11.3. The van der Waals surface area contributed by atoms with Crippen molar-refractivity contribution in [1.29, 1.82) is 0 Å². The maximum absolute atomic E-state index is 11.9. The van der Waals surface area contributed by atoms with E-state index in [-0.39, 0.29) is 11.9 Å². The number of hydrogen-bond acceptors (Lipinski definition) is 4. The van der Waals surface area contributed by atoms with Crippen LogP contribution in [-0.4, -0.2) is 52.8 Å². The molecule has 2 atom stereocenters. The summed E-state index contributed by atoms with van der Waals surface area (Å²) in [5, 5.41) is 3.38. The third-order valence-corrected chi connectivity index (χ3v) is 5.26. The lowest BCUT2D eigenvalue weighted by molar-refractivity contribution is -0.132. The minimum Gasteiger partial charge on any atom is -0.365 e. The van der Waals surface area contributed by atoms with E-state index >= 15 is 0 Å². The van der Waals surface area contributed by atoms with Crippen molar-refractivity contribution in [2.24, 2.45) is 4.99 Å². The molecule has 1 fully saturated rings. The van der Waals surface area contributed by atoms with Crippen LogP contribution in [0.2, 0.25) is 0 Å². The van der Waals surface area contributed by atoms with Crippen molar-refractivity contribution in [2.45, 2.75) is 25.3 Å². The number of amidine groups is 1. The standard InChI is InChI=1S/C12H17N3O2S/c1-15-7-9(2-3-10(15)16)14-12-11-8(6-13-12)4-5-18(11)17/h9H,2-7H2,1H3,(H,13,14)/t9-,18?/m0/s1. The molecule has 1 N–H and O–H groups in total. The van der Waals surface area contributed by atoms with Crippen molar-refractivity contribution in [3.05, 3.63) is 10.5 Å². The number of piperidine rings is 1. The van der Waals surface area contributed by atoms with Crippen molar-refractivity contribution in [1.82, 2.24) is 10.2 Å². The van der Waals surface area contributed by atoms with E-state index in [1.54, 1.807) is 4.90 Å². The molecule has 98 valence electrons. The second-order valence-electron chi connectivity index (χ2n) is 5.05. The van der Waals surface area contributed by atoms with Gasteiger partial charge in [-0.05, 0) is 18.4 Å². The second-order valence-corrected chi connectivity index (χ2v) is 6.56. The van der Waals surface area contributed by atoms with Crippen LogP contribution in [-0.2, 0) is 15.6 Å². The molecule has 5 nitrogen and oxygen atoms in total. The van der Waals surface area contributed by atoms with Crippen molar-refractivity contribution < 1.29 is 9.00 Å². The highest BCUT2D eigenvalue weighted by Gasteiger charge is 2.32. The first-order valence-corrected chi connectivity index (χ1v) is 7.63. The van der Waals surface area contributed by atoms with Gasteiger partial charge in [0.1, 0.15) is 5.84 Å². The first-order valence-electron chi connectivity index (χ1n) is 6.31. The molecular formula is C12H17N3O2S. The second kappa shape index (κ2) is 4.50. The minimum atomic E-state index is -0.873. The van der Waals surface area contributed by atoms with Crippen molar-refractivity contribution in [3.8, 4) is 0 Å². The van der Waals surface area contributed by atoms with E-state index in [4.69, 9.17) is 0 Å². The molecule has 0 saturated carbocycles. The summed E-state index contributed by atoms with van der Waals surface area (Å²) in [6, 6.07) is 0.232. The molecular weight excluding hydrogens is 250 g/mol. The fourth-order valence-corrected chi connectivity index (χ4v) is 4.16. The van der Waals surface area contributed by atoms with E-state index < -0.39 is 10.8 Å². The molecule has 3 heterocycles. The Bertz CT molecular complexity index is 484. The molecule has 18 heavy (non-hydrogen) atoms. The van der Waals surface area contributed by atoms with Crippen LogP contribution < -0.4 is 5.32 Å². The van der Waals surface area contributed by atoms with Gasteiger partial charge in [0.15, 0.2) is 0 Å². The largest absolute Gasteiger partial charge is 0.365 e. The summed E-state index contributed by atoms with van der Waals surface area (Å²) < 4.78 is 11.9. The molecule has 0 aromatic carbocycles. The molecule has 0 aliphatic carbocycles. The number of hydrogen-bond donors (Lipinski definition) is 1. The van der Waals surface area contributed by atoms with Gasteiger partial charge >= 0.3 is 0 Å². The Morgan fingerprint density at radius 3 is 3.06 bits per heavy atom. The van der Waals surface area contributed by atoms with Crippen molar-refractivity contribution in [3.63, 3.8) is 0 Å². The Hall–Kier alpha value is -1.17. The van der Waals surface area contributed by atoms with Crippen LogP contribution in [0.25, 0.3) is 0 Å². The predicted octanol–water partition coefficient (Wildman–Crippen LogP) is 0.0154. The number of nitrogens with zero attached hydrogens (tertiary/aromatic N) is 2. The van der Waals surface area contributed by atoms with E-state index in [0.717, 1.165) is 29.3 Å². The third kappa shape index (κ3) is 1.98. The predicted molar refractivity (Wildman–Crippen MR) is 70.7 cm³/mol. The number of likely N-dealkylation sites (N-methyl/N-ethyl adjacent to an activating group) is 1. The molecule has 3 aliphatic heterocycles. The van der Waals surface area contributed by atoms with Crippen LogP contribution in [0.1, 0.15) is 19.3 Å². The summed E-state index contributed by atoms with van der Waals surface area (Å²) in [6.07, 6.45) is 2.33. The zero-order chi connectivity index (χ0) is 12.7. The maximum atomic E-state index is 11.9. The van der Waals surface area contributed by atoms with Crippen LogP contribution in [0.15, 0.2) is 15.5 Å². The molecule has 3 rings (SSSR count). The Morgan fingerprint density at radius 2 is 2.28 bits per heavy atom. The van der Waals surface area contributed by atoms with Gasteiger partial charge in [-0.15, -0.1) is 0 Å². The number of carbonyl (C=O) groups is 1. The van der Waals surface area contributed by atoms with Crippen LogP contribution in [0, 0.1) is 0 Å². The number of amides is 1. The average Bonchev–Trinajstić information content (AvgIpc) is 2.89. The molecule has 1 saturated heterocycles. The number of rotatable bonds is 1. The molecule has 0 spiro atoms. The zero-order valence-electron chi connectivity index (χ0n) is 10.4. The molecule has 1 amide bonds. The monoisotopic (exact) mass is 267 g/mol. The van der Waals surface area contributed by atoms with Gasteiger partial charge in [-0.1, -0.05) is 0 Å². The first-order chi connectivity index (χ1) is 8.65. The lowest BCUT2D eigenvalue weighted by Crippen LogP contribution is -2.48. The Morgan fingerprint density at radius 1 is 1.44 bits per heavy atom. The highest BCUT2D eigenvalue weighted by atomic mass is 32.2. The van der Waals surface area contributed by atoms with E-state index in [2.05, 4.69) is 10.3 Å². The number of aliphatic imine (C=N–C) groups is 1. The SMILES string of the molecule is CN1C[C@@H](NC2=NCC3=C2S(=O)CC3)CCC1=O. The Labute approximate surface area is 109 Å². The van der Waals surface area contributed by atoms with Crippen LogP contribution in [0.3, 0.4) is 0 Å². The molecule has 0 aromatic heterocycles. The van der Waals surface area contributed by atoms with Crippen LogP contribution in [0.4, 0.5) is 0 Å². The highest BCUT2D eigenvalue weighted by molar-refractivity contribution is 7.90. The average molecular weight is 267 g/mol. The molecule has 3 aliphatic rings. The van der Waals surface area contributed by atoms with Gasteiger partial charge in [0.25, 0.3) is 0 Å². The molecule has 1 unspecified atom stereocenters. The van der Waals surface area contributed by atoms with Crippen LogP contribution >= 0.6 is 0 Å². The fraction of sp³-hybridized carbons (Fsp3) is 0.667. The number of nitrogens with one attached hydrogen (secondary N) is 1. The van der Waals surface area contributed by atoms with Gasteiger partial charge < -0.3 is 10.2 Å². The van der Waals surface area contributed by atoms with E-state index in [0.29, 0.717) is 19.5 Å². The molecule has 6 heteroatoms. The summed E-state index contributed by atoms with van der Waals surface area (Å²) in [4.78, 5) is 18.6. The lowest BCUT2D eigenvalue weighted by atomic mass is 10.1. The Kier molecular flexibility index (Phi) is 2.97. The third-order valence-electron chi connectivity index (χ3n) is 3.75. The van der Waals surface area contributed by atoms with Gasteiger partial charge in [0.05, 0.1) is 22.2 Å². The lowest BCUT2D eigenvalue weighted by Gasteiger charge is -2.30. The fourth-order valence-electron chi connectivity index (χ4n) is 2.70. The van der Waals surface area contributed by atoms with Crippen LogP contribution in [0.5, 0.6) is 0 Å². The topological polar surface area (TPSA) is 61.8 Å². The molecule has 0 radical (unpaired) electrons. The first kappa shape index (κ1) is 11.9. The van der Waals surface area contributed by atoms with E-state index in [1.807, 2.05) is 7.05 Å². The number of carbonyl (C=O) groups excluding carboxylic acids is 1. The van der Waals surface area contributed by atoms with Crippen molar-refractivity contribution in [2.75, 3.05) is 25.9 Å². The Balaban J connectivity index is 1.68.